The average molecular weight is 360 g/mol. The van der Waals surface area contributed by atoms with Gasteiger partial charge in [0.25, 0.3) is 0 Å². The van der Waals surface area contributed by atoms with Crippen LogP contribution in [0.25, 0.3) is 0 Å². The van der Waals surface area contributed by atoms with E-state index < -0.39 is 0 Å². The Labute approximate surface area is 131 Å². The lowest BCUT2D eigenvalue weighted by Crippen LogP contribution is -2.31. The summed E-state index contributed by atoms with van der Waals surface area (Å²) in [6, 6.07) is 6.44. The number of anilines is 1. The van der Waals surface area contributed by atoms with Crippen LogP contribution in [0.3, 0.4) is 0 Å². The number of hydrogen-bond acceptors (Lipinski definition) is 3. The van der Waals surface area contributed by atoms with Crippen LogP contribution >= 0.6 is 39.3 Å². The Morgan fingerprint density at radius 1 is 1.32 bits per heavy atom. The molecular formula is C14H16BrClN2S. The first-order chi connectivity index (χ1) is 9.22. The van der Waals surface area contributed by atoms with Crippen molar-refractivity contribution in [1.29, 1.82) is 0 Å². The highest BCUT2D eigenvalue weighted by atomic mass is 79.9. The van der Waals surface area contributed by atoms with Gasteiger partial charge in [-0.25, -0.2) is 0 Å². The fourth-order valence-electron chi connectivity index (χ4n) is 2.69. The zero-order chi connectivity index (χ0) is 13.2. The van der Waals surface area contributed by atoms with Crippen LogP contribution in [0.4, 0.5) is 5.69 Å². The molecule has 3 rings (SSSR count). The number of nitrogens with zero attached hydrogens (tertiary/aromatic N) is 1. The third kappa shape index (κ3) is 3.29. The second-order valence-corrected chi connectivity index (χ2v) is 7.38. The van der Waals surface area contributed by atoms with E-state index in [1.165, 1.54) is 31.4 Å². The van der Waals surface area contributed by atoms with Crippen LogP contribution in [0, 0.1) is 5.92 Å². The van der Waals surface area contributed by atoms with Crippen molar-refractivity contribution in [3.63, 3.8) is 0 Å². The predicted octanol–water partition coefficient (Wildman–Crippen LogP) is 5.18. The maximum atomic E-state index is 6.11. The molecule has 102 valence electrons. The summed E-state index contributed by atoms with van der Waals surface area (Å²) in [4.78, 5) is 4.86. The lowest BCUT2D eigenvalue weighted by Gasteiger charge is -2.32. The lowest BCUT2D eigenvalue weighted by molar-refractivity contribution is 0.336. The van der Waals surface area contributed by atoms with E-state index in [9.17, 15) is 0 Å². The molecule has 2 nitrogen and oxygen atoms in total. The molecular weight excluding hydrogens is 344 g/mol. The summed E-state index contributed by atoms with van der Waals surface area (Å²) in [5, 5.41) is 5.16. The van der Waals surface area contributed by atoms with Crippen molar-refractivity contribution in [1.82, 2.24) is 0 Å². The Morgan fingerprint density at radius 2 is 2.16 bits per heavy atom. The van der Waals surface area contributed by atoms with Gasteiger partial charge in [-0.3, -0.25) is 4.99 Å². The molecule has 1 aliphatic carbocycles. The molecule has 5 heteroatoms. The Morgan fingerprint density at radius 3 is 3.00 bits per heavy atom. The topological polar surface area (TPSA) is 24.4 Å². The Kier molecular flexibility index (Phi) is 4.40. The highest BCUT2D eigenvalue weighted by molar-refractivity contribution is 9.10. The number of fused-ring (bicyclic) bond motifs is 1. The van der Waals surface area contributed by atoms with Gasteiger partial charge in [-0.15, -0.1) is 0 Å². The molecule has 0 saturated heterocycles. The molecule has 0 aromatic heterocycles. The minimum Gasteiger partial charge on any atom is -0.335 e. The predicted molar refractivity (Wildman–Crippen MR) is 88.4 cm³/mol. The monoisotopic (exact) mass is 358 g/mol. The summed E-state index contributed by atoms with van der Waals surface area (Å²) in [5.41, 5.74) is 1.01. The number of aliphatic imine (C=N–C) groups is 1. The maximum Gasteiger partial charge on any atom is 0.161 e. The maximum absolute atomic E-state index is 6.11. The van der Waals surface area contributed by atoms with Crippen molar-refractivity contribution in [2.24, 2.45) is 10.9 Å². The lowest BCUT2D eigenvalue weighted by atomic mass is 9.86. The van der Waals surface area contributed by atoms with Crippen LogP contribution in [-0.4, -0.2) is 17.0 Å². The molecule has 0 bridgehead atoms. The van der Waals surface area contributed by atoms with E-state index in [0.29, 0.717) is 6.04 Å². The fraction of sp³-hybridized carbons (Fsp3) is 0.500. The molecule has 2 atom stereocenters. The van der Waals surface area contributed by atoms with Gasteiger partial charge in [0.1, 0.15) is 0 Å². The average Bonchev–Trinajstić information content (AvgIpc) is 2.43. The zero-order valence-electron chi connectivity index (χ0n) is 10.5. The largest absolute Gasteiger partial charge is 0.335 e. The van der Waals surface area contributed by atoms with Crippen molar-refractivity contribution < 1.29 is 0 Å². The number of amidine groups is 1. The number of hydrogen-bond donors (Lipinski definition) is 1. The highest BCUT2D eigenvalue weighted by Crippen LogP contribution is 2.34. The fourth-order valence-corrected chi connectivity index (χ4v) is 4.28. The SMILES string of the molecule is Clc1cc(NC2=NC3CCCCC3CS2)ccc1Br. The minimum absolute atomic E-state index is 0.531. The molecule has 0 amide bonds. The van der Waals surface area contributed by atoms with E-state index in [1.54, 1.807) is 0 Å². The second-order valence-electron chi connectivity index (χ2n) is 5.11. The molecule has 0 spiro atoms. The van der Waals surface area contributed by atoms with Crippen LogP contribution in [0.15, 0.2) is 27.7 Å². The van der Waals surface area contributed by atoms with Crippen molar-refractivity contribution in [2.45, 2.75) is 31.7 Å². The molecule has 1 aliphatic heterocycles. The molecule has 1 aromatic rings. The summed E-state index contributed by atoms with van der Waals surface area (Å²) in [6.45, 7) is 0. The summed E-state index contributed by atoms with van der Waals surface area (Å²) in [7, 11) is 0. The van der Waals surface area contributed by atoms with Crippen LogP contribution in [-0.2, 0) is 0 Å². The van der Waals surface area contributed by atoms with Gasteiger partial charge < -0.3 is 5.32 Å². The Balaban J connectivity index is 1.72. The van der Waals surface area contributed by atoms with E-state index in [-0.39, 0.29) is 0 Å². The first-order valence-electron chi connectivity index (χ1n) is 6.65. The van der Waals surface area contributed by atoms with Gasteiger partial charge >= 0.3 is 0 Å². The first-order valence-corrected chi connectivity index (χ1v) is 8.81. The van der Waals surface area contributed by atoms with Gasteiger partial charge in [0.15, 0.2) is 5.17 Å². The van der Waals surface area contributed by atoms with E-state index in [1.807, 2.05) is 30.0 Å². The van der Waals surface area contributed by atoms with Gasteiger partial charge in [-0.1, -0.05) is 36.2 Å². The summed E-state index contributed by atoms with van der Waals surface area (Å²) in [5.74, 6) is 1.98. The van der Waals surface area contributed by atoms with Gasteiger partial charge in [-0.05, 0) is 52.9 Å². The molecule has 0 radical (unpaired) electrons. The molecule has 2 aliphatic rings. The number of thioether (sulfide) groups is 1. The van der Waals surface area contributed by atoms with Crippen LogP contribution in [0.1, 0.15) is 25.7 Å². The van der Waals surface area contributed by atoms with E-state index in [0.717, 1.165) is 26.3 Å². The molecule has 1 fully saturated rings. The number of nitrogens with one attached hydrogen (secondary N) is 1. The third-order valence-corrected chi connectivity index (χ3v) is 6.07. The van der Waals surface area contributed by atoms with E-state index in [2.05, 4.69) is 21.2 Å². The normalized spacial score (nSPS) is 26.5. The summed E-state index contributed by atoms with van der Waals surface area (Å²) < 4.78 is 0.922. The second kappa shape index (κ2) is 6.06. The molecule has 1 N–H and O–H groups in total. The highest BCUT2D eigenvalue weighted by Gasteiger charge is 2.29. The van der Waals surface area contributed by atoms with Crippen molar-refractivity contribution in [3.8, 4) is 0 Å². The third-order valence-electron chi connectivity index (χ3n) is 3.76. The minimum atomic E-state index is 0.531. The molecule has 1 saturated carbocycles. The van der Waals surface area contributed by atoms with E-state index in [4.69, 9.17) is 16.6 Å². The number of halogens is 2. The van der Waals surface area contributed by atoms with Gasteiger partial charge in [0.2, 0.25) is 0 Å². The molecule has 19 heavy (non-hydrogen) atoms. The zero-order valence-corrected chi connectivity index (χ0v) is 13.7. The Hall–Kier alpha value is -0.190. The van der Waals surface area contributed by atoms with Gasteiger partial charge in [0.05, 0.1) is 11.1 Å². The van der Waals surface area contributed by atoms with Gasteiger partial charge in [0, 0.05) is 15.9 Å². The van der Waals surface area contributed by atoms with Crippen LogP contribution in [0.5, 0.6) is 0 Å². The van der Waals surface area contributed by atoms with E-state index >= 15 is 0 Å². The number of benzene rings is 1. The van der Waals surface area contributed by atoms with Crippen molar-refractivity contribution in [2.75, 3.05) is 11.1 Å². The molecule has 1 aromatic carbocycles. The van der Waals surface area contributed by atoms with Crippen LogP contribution in [0.2, 0.25) is 5.02 Å². The van der Waals surface area contributed by atoms with Crippen molar-refractivity contribution in [3.05, 3.63) is 27.7 Å². The van der Waals surface area contributed by atoms with Crippen molar-refractivity contribution >= 4 is 50.1 Å². The Bertz CT molecular complexity index is 506. The molecule has 2 unspecified atom stereocenters. The number of rotatable bonds is 1. The van der Waals surface area contributed by atoms with Gasteiger partial charge in [-0.2, -0.15) is 0 Å². The van der Waals surface area contributed by atoms with Crippen LogP contribution < -0.4 is 5.32 Å². The summed E-state index contributed by atoms with van der Waals surface area (Å²) in [6.07, 6.45) is 5.30. The summed E-state index contributed by atoms with van der Waals surface area (Å²) >= 11 is 11.4. The smallest absolute Gasteiger partial charge is 0.161 e. The standard InChI is InChI=1S/C14H16BrClN2S/c15-11-6-5-10(7-12(11)16)17-14-18-13-4-2-1-3-9(13)8-19-14/h5-7,9,13H,1-4,8H2,(H,17,18). The molecule has 1 heterocycles. The quantitative estimate of drug-likeness (QED) is 0.747. The first kappa shape index (κ1) is 13.8.